The number of carbonyl (C=O) groups excluding carboxylic acids is 2. The van der Waals surface area contributed by atoms with Crippen molar-refractivity contribution in [2.75, 3.05) is 0 Å². The normalized spacial score (nSPS) is 56.8. The van der Waals surface area contributed by atoms with Crippen LogP contribution in [0.5, 0.6) is 0 Å². The monoisotopic (exact) mass is 250 g/mol. The molecule has 0 aromatic carbocycles. The molecule has 0 saturated carbocycles. The standard InChI is InChI=1S/C6H2O11/c7-1(3-5(9,12-3)16-14-3)11-2(8)4-6(10,13-4)17-15-4/h9-10H. The van der Waals surface area contributed by atoms with Crippen LogP contribution in [0, 0.1) is 0 Å². The van der Waals surface area contributed by atoms with Crippen LogP contribution in [0.3, 0.4) is 0 Å². The summed E-state index contributed by atoms with van der Waals surface area (Å²) in [7, 11) is 0. The first-order valence-electron chi connectivity index (χ1n) is 4.23. The van der Waals surface area contributed by atoms with Gasteiger partial charge in [-0.1, -0.05) is 0 Å². The molecule has 4 heterocycles. The number of hydrogen-bond acceptors (Lipinski definition) is 11. The number of aliphatic hydroxyl groups is 2. The van der Waals surface area contributed by atoms with Crippen LogP contribution >= 0.6 is 0 Å². The number of ether oxygens (including phenoxy) is 3. The Balaban J connectivity index is 1.46. The van der Waals surface area contributed by atoms with Gasteiger partial charge in [-0.15, -0.1) is 0 Å². The van der Waals surface area contributed by atoms with Crippen LogP contribution in [0.15, 0.2) is 0 Å². The van der Waals surface area contributed by atoms with Gasteiger partial charge in [0.2, 0.25) is 0 Å². The predicted molar refractivity (Wildman–Crippen MR) is 33.0 cm³/mol. The Morgan fingerprint density at radius 2 is 1.24 bits per heavy atom. The van der Waals surface area contributed by atoms with E-state index < -0.39 is 35.5 Å². The third-order valence-electron chi connectivity index (χ3n) is 2.58. The maximum atomic E-state index is 11.3. The summed E-state index contributed by atoms with van der Waals surface area (Å²) in [6, 6.07) is 0. The van der Waals surface area contributed by atoms with Gasteiger partial charge in [0.05, 0.1) is 0 Å². The molecule has 4 unspecified atom stereocenters. The van der Waals surface area contributed by atoms with Crippen LogP contribution < -0.4 is 0 Å². The molecule has 2 N–H and O–H groups in total. The SMILES string of the molecule is O=C(OC(=O)C12OOC1(O)O2)C12OOC1(O)O2. The lowest BCUT2D eigenvalue weighted by Crippen LogP contribution is -2.53. The Morgan fingerprint density at radius 1 is 0.824 bits per heavy atom. The van der Waals surface area contributed by atoms with E-state index in [2.05, 4.69) is 33.8 Å². The number of fused-ring (bicyclic) bond motifs is 2. The summed E-state index contributed by atoms with van der Waals surface area (Å²) in [4.78, 5) is 39.1. The van der Waals surface area contributed by atoms with Crippen molar-refractivity contribution >= 4 is 11.9 Å². The number of epoxide rings is 2. The fourth-order valence-corrected chi connectivity index (χ4v) is 1.41. The zero-order valence-corrected chi connectivity index (χ0v) is 7.57. The fraction of sp³-hybridized carbons (Fsp3) is 0.667. The quantitative estimate of drug-likeness (QED) is 0.220. The average Bonchev–Trinajstić information content (AvgIpc) is 2.89. The van der Waals surface area contributed by atoms with Crippen LogP contribution in [-0.4, -0.2) is 45.7 Å². The first-order chi connectivity index (χ1) is 7.88. The van der Waals surface area contributed by atoms with E-state index in [4.69, 9.17) is 10.2 Å². The van der Waals surface area contributed by atoms with E-state index in [1.807, 2.05) is 0 Å². The van der Waals surface area contributed by atoms with Gasteiger partial charge in [0.1, 0.15) is 0 Å². The highest BCUT2D eigenvalue weighted by molar-refractivity contribution is 5.96. The Morgan fingerprint density at radius 3 is 1.41 bits per heavy atom. The molecule has 0 aliphatic carbocycles. The molecule has 11 heteroatoms. The summed E-state index contributed by atoms with van der Waals surface area (Å²) >= 11 is 0. The van der Waals surface area contributed by atoms with Crippen molar-refractivity contribution in [3.8, 4) is 0 Å². The Bertz CT molecular complexity index is 433. The molecule has 4 aliphatic heterocycles. The molecule has 92 valence electrons. The van der Waals surface area contributed by atoms with Crippen molar-refractivity contribution in [2.45, 2.75) is 23.5 Å². The minimum atomic E-state index is -2.24. The third kappa shape index (κ3) is 0.810. The number of rotatable bonds is 2. The molecule has 4 rings (SSSR count). The summed E-state index contributed by atoms with van der Waals surface area (Å²) in [5.41, 5.74) is 0. The molecular formula is C6H2O11. The highest BCUT2D eigenvalue weighted by Gasteiger charge is 2.94. The van der Waals surface area contributed by atoms with Gasteiger partial charge in [0.25, 0.3) is 0 Å². The van der Waals surface area contributed by atoms with Crippen molar-refractivity contribution in [2.24, 2.45) is 0 Å². The smallest absolute Gasteiger partial charge is 0.384 e. The Hall–Kier alpha value is -1.18. The topological polar surface area (TPSA) is 146 Å². The van der Waals surface area contributed by atoms with E-state index in [1.54, 1.807) is 0 Å². The van der Waals surface area contributed by atoms with Gasteiger partial charge in [0, 0.05) is 0 Å². The average molecular weight is 250 g/mol. The molecule has 0 amide bonds. The van der Waals surface area contributed by atoms with Crippen LogP contribution in [-0.2, 0) is 43.3 Å². The van der Waals surface area contributed by atoms with Crippen molar-refractivity contribution < 1.29 is 53.6 Å². The lowest BCUT2D eigenvalue weighted by atomic mass is 10.3. The predicted octanol–water partition coefficient (Wildman–Crippen LogP) is -3.27. The zero-order chi connectivity index (χ0) is 12.1. The molecule has 4 saturated heterocycles. The van der Waals surface area contributed by atoms with Crippen molar-refractivity contribution in [3.63, 3.8) is 0 Å². The highest BCUT2D eigenvalue weighted by atomic mass is 17.4. The van der Waals surface area contributed by atoms with E-state index in [0.29, 0.717) is 0 Å². The van der Waals surface area contributed by atoms with E-state index >= 15 is 0 Å². The Labute approximate surface area is 90.1 Å². The second-order valence-corrected chi connectivity index (χ2v) is 3.61. The summed E-state index contributed by atoms with van der Waals surface area (Å²) in [6.07, 6.45) is 0. The molecule has 17 heavy (non-hydrogen) atoms. The van der Waals surface area contributed by atoms with E-state index in [9.17, 15) is 9.59 Å². The molecule has 4 fully saturated rings. The minimum Gasteiger partial charge on any atom is -0.384 e. The molecule has 0 aromatic rings. The molecular weight excluding hydrogens is 248 g/mol. The van der Waals surface area contributed by atoms with Gasteiger partial charge in [-0.3, -0.25) is 9.47 Å². The second-order valence-electron chi connectivity index (χ2n) is 3.61. The first kappa shape index (κ1) is 9.81. The molecule has 0 spiro atoms. The highest BCUT2D eigenvalue weighted by Crippen LogP contribution is 2.60. The number of esters is 2. The van der Waals surface area contributed by atoms with Crippen LogP contribution in [0.2, 0.25) is 0 Å². The van der Waals surface area contributed by atoms with E-state index in [-0.39, 0.29) is 0 Å². The lowest BCUT2D eigenvalue weighted by Gasteiger charge is -2.22. The van der Waals surface area contributed by atoms with Crippen LogP contribution in [0.1, 0.15) is 0 Å². The Kier molecular flexibility index (Phi) is 1.27. The molecule has 4 aliphatic rings. The van der Waals surface area contributed by atoms with Crippen molar-refractivity contribution in [3.05, 3.63) is 0 Å². The van der Waals surface area contributed by atoms with Gasteiger partial charge in [-0.05, 0) is 0 Å². The number of hydrogen-bond donors (Lipinski definition) is 2. The lowest BCUT2D eigenvalue weighted by molar-refractivity contribution is -0.507. The summed E-state index contributed by atoms with van der Waals surface area (Å²) in [5, 5.41) is 18.3. The molecule has 0 aromatic heterocycles. The van der Waals surface area contributed by atoms with Gasteiger partial charge in [-0.25, -0.2) is 9.59 Å². The zero-order valence-electron chi connectivity index (χ0n) is 7.57. The third-order valence-corrected chi connectivity index (χ3v) is 2.58. The number of carbonyl (C=O) groups is 2. The summed E-state index contributed by atoms with van der Waals surface area (Å²) < 4.78 is 13.0. The first-order valence-corrected chi connectivity index (χ1v) is 4.23. The molecule has 11 nitrogen and oxygen atoms in total. The van der Waals surface area contributed by atoms with E-state index in [1.165, 1.54) is 0 Å². The largest absolute Gasteiger partial charge is 0.389 e. The van der Waals surface area contributed by atoms with Crippen molar-refractivity contribution in [1.29, 1.82) is 0 Å². The minimum absolute atomic E-state index is 1.38. The van der Waals surface area contributed by atoms with Gasteiger partial charge >= 0.3 is 35.5 Å². The van der Waals surface area contributed by atoms with Crippen molar-refractivity contribution in [1.82, 2.24) is 0 Å². The fourth-order valence-electron chi connectivity index (χ4n) is 1.41. The van der Waals surface area contributed by atoms with Gasteiger partial charge in [-0.2, -0.15) is 19.6 Å². The molecule has 4 atom stereocenters. The maximum absolute atomic E-state index is 11.3. The van der Waals surface area contributed by atoms with Gasteiger partial charge in [0.15, 0.2) is 0 Å². The van der Waals surface area contributed by atoms with Crippen LogP contribution in [0.25, 0.3) is 0 Å². The van der Waals surface area contributed by atoms with E-state index in [0.717, 1.165) is 0 Å². The van der Waals surface area contributed by atoms with Crippen LogP contribution in [0.4, 0.5) is 0 Å². The summed E-state index contributed by atoms with van der Waals surface area (Å²) in [5.74, 6) is -11.6. The van der Waals surface area contributed by atoms with Gasteiger partial charge < -0.3 is 14.9 Å². The molecule has 0 radical (unpaired) electrons. The summed E-state index contributed by atoms with van der Waals surface area (Å²) in [6.45, 7) is 0. The second kappa shape index (κ2) is 2.21. The maximum Gasteiger partial charge on any atom is 0.389 e. The molecule has 0 bridgehead atoms.